The summed E-state index contributed by atoms with van der Waals surface area (Å²) >= 11 is 0. The fourth-order valence-electron chi connectivity index (χ4n) is 3.78. The molecule has 1 fully saturated rings. The lowest BCUT2D eigenvalue weighted by molar-refractivity contribution is -0.386. The minimum atomic E-state index is -0.495. The molecule has 1 aliphatic heterocycles. The van der Waals surface area contributed by atoms with Crippen LogP contribution >= 0.6 is 0 Å². The summed E-state index contributed by atoms with van der Waals surface area (Å²) in [5.41, 5.74) is 2.41. The van der Waals surface area contributed by atoms with Crippen LogP contribution in [0.25, 0.3) is 0 Å². The van der Waals surface area contributed by atoms with Crippen LogP contribution in [0.3, 0.4) is 0 Å². The first-order valence-electron chi connectivity index (χ1n) is 10.5. The molecule has 0 atom stereocenters. The van der Waals surface area contributed by atoms with Crippen LogP contribution in [-0.2, 0) is 13.2 Å². The number of rotatable bonds is 7. The largest absolute Gasteiger partial charge is 0.479 e. The van der Waals surface area contributed by atoms with Gasteiger partial charge in [-0.1, -0.05) is 42.0 Å². The van der Waals surface area contributed by atoms with E-state index in [4.69, 9.17) is 9.15 Å². The molecule has 1 aromatic heterocycles. The van der Waals surface area contributed by atoms with Crippen LogP contribution in [0.15, 0.2) is 65.1 Å². The number of aryl methyl sites for hydroxylation is 1. The topological polar surface area (TPSA) is 89.1 Å². The number of nitro groups is 1. The monoisotopic (exact) mass is 435 g/mol. The first-order chi connectivity index (χ1) is 15.5. The summed E-state index contributed by atoms with van der Waals surface area (Å²) in [6, 6.07) is 17.9. The lowest BCUT2D eigenvalue weighted by Crippen LogP contribution is -2.48. The number of nitrogens with zero attached hydrogens (tertiary/aromatic N) is 3. The third-order valence-corrected chi connectivity index (χ3v) is 5.45. The Labute approximate surface area is 186 Å². The fraction of sp³-hybridized carbons (Fsp3) is 0.292. The van der Waals surface area contributed by atoms with Crippen molar-refractivity contribution in [2.45, 2.75) is 20.1 Å². The molecule has 8 nitrogen and oxygen atoms in total. The normalized spacial score (nSPS) is 14.3. The highest BCUT2D eigenvalue weighted by Crippen LogP contribution is 2.27. The van der Waals surface area contributed by atoms with Gasteiger partial charge < -0.3 is 14.1 Å². The smallest absolute Gasteiger partial charge is 0.310 e. The van der Waals surface area contributed by atoms with Gasteiger partial charge in [-0.05, 0) is 30.7 Å². The number of furan rings is 1. The average Bonchev–Trinajstić information content (AvgIpc) is 3.27. The van der Waals surface area contributed by atoms with Gasteiger partial charge >= 0.3 is 5.69 Å². The van der Waals surface area contributed by atoms with E-state index in [1.165, 1.54) is 23.3 Å². The van der Waals surface area contributed by atoms with Gasteiger partial charge in [-0.25, -0.2) is 0 Å². The maximum absolute atomic E-state index is 12.8. The Hall–Kier alpha value is -3.65. The van der Waals surface area contributed by atoms with E-state index in [-0.39, 0.29) is 29.7 Å². The average molecular weight is 435 g/mol. The quantitative estimate of drug-likeness (QED) is 0.411. The molecule has 0 bridgehead atoms. The predicted molar refractivity (Wildman–Crippen MR) is 118 cm³/mol. The molecule has 32 heavy (non-hydrogen) atoms. The van der Waals surface area contributed by atoms with Gasteiger partial charge in [0.2, 0.25) is 0 Å². The van der Waals surface area contributed by atoms with Gasteiger partial charge in [0.15, 0.2) is 11.5 Å². The fourth-order valence-corrected chi connectivity index (χ4v) is 3.78. The van der Waals surface area contributed by atoms with Gasteiger partial charge in [-0.2, -0.15) is 0 Å². The molecule has 0 radical (unpaired) electrons. The lowest BCUT2D eigenvalue weighted by atomic mass is 10.1. The Balaban J connectivity index is 1.30. The Kier molecular flexibility index (Phi) is 6.51. The third kappa shape index (κ3) is 5.15. The predicted octanol–water partition coefficient (Wildman–Crippen LogP) is 4.03. The van der Waals surface area contributed by atoms with Gasteiger partial charge in [0.05, 0.1) is 4.92 Å². The number of ether oxygens (including phenoxy) is 1. The van der Waals surface area contributed by atoms with Crippen LogP contribution in [-0.4, -0.2) is 46.8 Å². The Morgan fingerprint density at radius 3 is 2.59 bits per heavy atom. The van der Waals surface area contributed by atoms with E-state index in [2.05, 4.69) is 36.1 Å². The van der Waals surface area contributed by atoms with E-state index in [1.807, 2.05) is 0 Å². The van der Waals surface area contributed by atoms with E-state index >= 15 is 0 Å². The van der Waals surface area contributed by atoms with Crippen molar-refractivity contribution in [1.29, 1.82) is 0 Å². The second-order valence-electron chi connectivity index (χ2n) is 7.84. The number of hydrogen-bond donors (Lipinski definition) is 0. The summed E-state index contributed by atoms with van der Waals surface area (Å²) in [6.07, 6.45) is 0. The maximum atomic E-state index is 12.8. The third-order valence-electron chi connectivity index (χ3n) is 5.45. The molecule has 1 saturated heterocycles. The van der Waals surface area contributed by atoms with Gasteiger partial charge in [0.25, 0.3) is 5.91 Å². The maximum Gasteiger partial charge on any atom is 0.310 e. The van der Waals surface area contributed by atoms with E-state index in [0.717, 1.165) is 19.6 Å². The highest BCUT2D eigenvalue weighted by Gasteiger charge is 2.24. The lowest BCUT2D eigenvalue weighted by Gasteiger charge is -2.34. The van der Waals surface area contributed by atoms with Crippen LogP contribution < -0.4 is 4.74 Å². The number of carbonyl (C=O) groups excluding carboxylic acids is 1. The van der Waals surface area contributed by atoms with Crippen molar-refractivity contribution in [3.8, 4) is 5.75 Å². The molecular formula is C24H25N3O5. The number of benzene rings is 2. The van der Waals surface area contributed by atoms with E-state index in [0.29, 0.717) is 18.8 Å². The zero-order valence-electron chi connectivity index (χ0n) is 17.9. The number of carbonyl (C=O) groups is 1. The van der Waals surface area contributed by atoms with Crippen molar-refractivity contribution >= 4 is 11.6 Å². The van der Waals surface area contributed by atoms with Crippen molar-refractivity contribution in [2.24, 2.45) is 0 Å². The Morgan fingerprint density at radius 2 is 1.84 bits per heavy atom. The van der Waals surface area contributed by atoms with Crippen molar-refractivity contribution in [2.75, 3.05) is 26.2 Å². The minimum absolute atomic E-state index is 0.00238. The molecule has 2 heterocycles. The SMILES string of the molecule is Cc1cccc(CN2CCN(C(=O)c3ccc(COc4ccccc4[N+](=O)[O-])o3)CC2)c1. The molecule has 8 heteroatoms. The molecule has 166 valence electrons. The summed E-state index contributed by atoms with van der Waals surface area (Å²) < 4.78 is 11.2. The molecule has 1 aliphatic rings. The van der Waals surface area contributed by atoms with Crippen LogP contribution in [0.2, 0.25) is 0 Å². The van der Waals surface area contributed by atoms with E-state index in [9.17, 15) is 14.9 Å². The van der Waals surface area contributed by atoms with Gasteiger partial charge in [-0.15, -0.1) is 0 Å². The van der Waals surface area contributed by atoms with Crippen molar-refractivity contribution in [3.63, 3.8) is 0 Å². The molecule has 1 amide bonds. The summed E-state index contributed by atoms with van der Waals surface area (Å²) in [7, 11) is 0. The van der Waals surface area contributed by atoms with Crippen LogP contribution in [0, 0.1) is 17.0 Å². The highest BCUT2D eigenvalue weighted by molar-refractivity contribution is 5.91. The Morgan fingerprint density at radius 1 is 1.06 bits per heavy atom. The zero-order chi connectivity index (χ0) is 22.5. The van der Waals surface area contributed by atoms with E-state index in [1.54, 1.807) is 29.2 Å². The number of piperazine rings is 1. The number of hydrogen-bond acceptors (Lipinski definition) is 6. The van der Waals surface area contributed by atoms with Crippen molar-refractivity contribution < 1.29 is 18.9 Å². The molecule has 2 aromatic carbocycles. The van der Waals surface area contributed by atoms with Gasteiger partial charge in [0.1, 0.15) is 12.4 Å². The molecule has 0 saturated carbocycles. The van der Waals surface area contributed by atoms with E-state index < -0.39 is 4.92 Å². The second-order valence-corrected chi connectivity index (χ2v) is 7.84. The minimum Gasteiger partial charge on any atom is -0.479 e. The summed E-state index contributed by atoms with van der Waals surface area (Å²) in [6.45, 7) is 5.83. The summed E-state index contributed by atoms with van der Waals surface area (Å²) in [4.78, 5) is 27.5. The van der Waals surface area contributed by atoms with Crippen molar-refractivity contribution in [3.05, 3.63) is 93.4 Å². The Bertz CT molecular complexity index is 1100. The standard InChI is InChI=1S/C24H25N3O5/c1-18-5-4-6-19(15-18)16-25-11-13-26(14-12-25)24(28)23-10-9-20(32-23)17-31-22-8-3-2-7-21(22)27(29)30/h2-10,15H,11-14,16-17H2,1H3. The first kappa shape index (κ1) is 21.6. The first-order valence-corrected chi connectivity index (χ1v) is 10.5. The molecule has 0 spiro atoms. The van der Waals surface area contributed by atoms with Crippen LogP contribution in [0.4, 0.5) is 5.69 Å². The molecule has 4 rings (SSSR count). The highest BCUT2D eigenvalue weighted by atomic mass is 16.6. The molecule has 0 unspecified atom stereocenters. The molecule has 0 N–H and O–H groups in total. The van der Waals surface area contributed by atoms with Crippen molar-refractivity contribution in [1.82, 2.24) is 9.80 Å². The molecule has 3 aromatic rings. The number of nitro benzene ring substituents is 1. The van der Waals surface area contributed by atoms with Crippen LogP contribution in [0.5, 0.6) is 5.75 Å². The summed E-state index contributed by atoms with van der Waals surface area (Å²) in [5.74, 6) is 0.687. The van der Waals surface area contributed by atoms with Gasteiger partial charge in [0, 0.05) is 38.8 Å². The van der Waals surface area contributed by atoms with Gasteiger partial charge in [-0.3, -0.25) is 19.8 Å². The van der Waals surface area contributed by atoms with Crippen LogP contribution in [0.1, 0.15) is 27.4 Å². The number of amides is 1. The summed E-state index contributed by atoms with van der Waals surface area (Å²) in [5, 5.41) is 11.1. The second kappa shape index (κ2) is 9.65. The number of para-hydroxylation sites is 2. The molecule has 0 aliphatic carbocycles. The molecular weight excluding hydrogens is 410 g/mol. The zero-order valence-corrected chi connectivity index (χ0v) is 17.9.